The number of rotatable bonds is 3. The molecule has 0 saturated heterocycles. The van der Waals surface area contributed by atoms with Crippen molar-refractivity contribution in [3.63, 3.8) is 0 Å². The molecular formula is C18H18PScSi+. The van der Waals surface area contributed by atoms with Crippen molar-refractivity contribution in [2.24, 2.45) is 0 Å². The molecule has 0 N–H and O–H groups in total. The standard InChI is InChI=1S/C18H18PSi.Sc/c20-19(16-10-4-1-5-11-16,17-12-6-2-7-13-17)18-14-8-3-9-15-18;/h1-15H,20H3;/q+1;. The fourth-order valence-corrected chi connectivity index (χ4v) is 8.51. The minimum Gasteiger partial charge on any atom is -0.0620 e. The molecule has 3 heteroatoms. The molecule has 1 radical (unpaired) electrons. The largest absolute Gasteiger partial charge is 0.202 e. The Kier molecular flexibility index (Phi) is 5.86. The van der Waals surface area contributed by atoms with Gasteiger partial charge in [0.15, 0.2) is 0 Å². The predicted molar refractivity (Wildman–Crippen MR) is 95.1 cm³/mol. The summed E-state index contributed by atoms with van der Waals surface area (Å²) in [6.07, 6.45) is 0. The molecule has 0 spiro atoms. The summed E-state index contributed by atoms with van der Waals surface area (Å²) in [4.78, 5) is 0. The fourth-order valence-electron chi connectivity index (χ4n) is 2.63. The number of hydrogen-bond acceptors (Lipinski definition) is 0. The van der Waals surface area contributed by atoms with Gasteiger partial charge in [0.1, 0.15) is 0 Å². The van der Waals surface area contributed by atoms with Gasteiger partial charge in [0.25, 0.3) is 0 Å². The van der Waals surface area contributed by atoms with Crippen LogP contribution in [0.15, 0.2) is 91.0 Å². The van der Waals surface area contributed by atoms with E-state index in [1.165, 1.54) is 15.9 Å². The van der Waals surface area contributed by atoms with Crippen molar-refractivity contribution in [3.05, 3.63) is 91.0 Å². The fraction of sp³-hybridized carbons (Fsp3) is 0. The van der Waals surface area contributed by atoms with Gasteiger partial charge < -0.3 is 0 Å². The maximum absolute atomic E-state index is 2.29. The Morgan fingerprint density at radius 2 is 0.714 bits per heavy atom. The number of benzene rings is 3. The summed E-state index contributed by atoms with van der Waals surface area (Å²) in [5.41, 5.74) is 0. The molecule has 0 heterocycles. The van der Waals surface area contributed by atoms with Gasteiger partial charge in [0.2, 0.25) is 9.91 Å². The van der Waals surface area contributed by atoms with Crippen LogP contribution in [0, 0.1) is 0 Å². The first-order valence-corrected chi connectivity index (χ1v) is 11.8. The van der Waals surface area contributed by atoms with E-state index in [9.17, 15) is 0 Å². The minimum atomic E-state index is -1.39. The molecule has 0 fully saturated rings. The summed E-state index contributed by atoms with van der Waals surface area (Å²) in [6.45, 7) is -1.39. The summed E-state index contributed by atoms with van der Waals surface area (Å²) in [5.74, 6) is 0. The van der Waals surface area contributed by atoms with E-state index in [0.29, 0.717) is 0 Å². The first-order valence-electron chi connectivity index (χ1n) is 6.85. The van der Waals surface area contributed by atoms with E-state index >= 15 is 0 Å². The van der Waals surface area contributed by atoms with Crippen LogP contribution in [0.1, 0.15) is 0 Å². The Bertz CT molecular complexity index is 575. The van der Waals surface area contributed by atoms with Crippen LogP contribution >= 0.6 is 6.81 Å². The number of hydrogen-bond donors (Lipinski definition) is 0. The third-order valence-electron chi connectivity index (χ3n) is 3.82. The van der Waals surface area contributed by atoms with Gasteiger partial charge in [-0.15, -0.1) is 0 Å². The molecule has 3 rings (SSSR count). The molecule has 0 atom stereocenters. The van der Waals surface area contributed by atoms with Gasteiger partial charge in [-0.3, -0.25) is 0 Å². The summed E-state index contributed by atoms with van der Waals surface area (Å²) in [5, 5.41) is 4.47. The SMILES string of the molecule is [Sc].[SiH3][P+](c1ccccc1)(c1ccccc1)c1ccccc1. The molecule has 0 nitrogen and oxygen atoms in total. The van der Waals surface area contributed by atoms with Crippen molar-refractivity contribution in [2.75, 3.05) is 0 Å². The van der Waals surface area contributed by atoms with Gasteiger partial charge in [-0.2, -0.15) is 0 Å². The zero-order valence-electron chi connectivity index (χ0n) is 12.2. The van der Waals surface area contributed by atoms with Crippen LogP contribution in [0.5, 0.6) is 0 Å². The van der Waals surface area contributed by atoms with Gasteiger partial charge in [-0.1, -0.05) is 54.6 Å². The normalized spacial score (nSPS) is 10.9. The van der Waals surface area contributed by atoms with E-state index in [4.69, 9.17) is 0 Å². The molecule has 101 valence electrons. The van der Waals surface area contributed by atoms with Gasteiger partial charge in [-0.25, -0.2) is 0 Å². The Hall–Kier alpha value is -0.823. The van der Waals surface area contributed by atoms with Crippen molar-refractivity contribution in [3.8, 4) is 0 Å². The van der Waals surface area contributed by atoms with Crippen molar-refractivity contribution in [2.45, 2.75) is 0 Å². The van der Waals surface area contributed by atoms with Crippen molar-refractivity contribution < 1.29 is 25.8 Å². The van der Waals surface area contributed by atoms with E-state index in [1.54, 1.807) is 0 Å². The van der Waals surface area contributed by atoms with E-state index in [0.717, 1.165) is 9.91 Å². The predicted octanol–water partition coefficient (Wildman–Crippen LogP) is 2.26. The molecule has 0 saturated carbocycles. The molecule has 3 aromatic carbocycles. The van der Waals surface area contributed by atoms with E-state index in [-0.39, 0.29) is 25.8 Å². The van der Waals surface area contributed by atoms with E-state index < -0.39 is 6.81 Å². The zero-order valence-corrected chi connectivity index (χ0v) is 16.9. The monoisotopic (exact) mass is 338 g/mol. The van der Waals surface area contributed by atoms with E-state index in [2.05, 4.69) is 91.0 Å². The molecule has 3 aromatic rings. The smallest absolute Gasteiger partial charge is 0.0620 e. The van der Waals surface area contributed by atoms with Gasteiger partial charge in [-0.05, 0) is 36.4 Å². The third-order valence-corrected chi connectivity index (χ3v) is 12.5. The molecule has 0 aromatic heterocycles. The molecule has 0 bridgehead atoms. The summed E-state index contributed by atoms with van der Waals surface area (Å²) in [7, 11) is 1.14. The van der Waals surface area contributed by atoms with Crippen molar-refractivity contribution >= 4 is 32.6 Å². The Balaban J connectivity index is 0.00000161. The average molecular weight is 338 g/mol. The molecule has 0 aliphatic rings. The van der Waals surface area contributed by atoms with Crippen molar-refractivity contribution in [1.82, 2.24) is 0 Å². The second kappa shape index (κ2) is 7.44. The first kappa shape index (κ1) is 16.5. The van der Waals surface area contributed by atoms with Crippen LogP contribution in [0.4, 0.5) is 0 Å². The van der Waals surface area contributed by atoms with Crippen LogP contribution < -0.4 is 15.9 Å². The van der Waals surface area contributed by atoms with Crippen LogP contribution in [0.25, 0.3) is 0 Å². The summed E-state index contributed by atoms with van der Waals surface area (Å²) in [6, 6.07) is 33.0. The zero-order chi connectivity index (χ0) is 13.8. The van der Waals surface area contributed by atoms with Crippen LogP contribution in [0.3, 0.4) is 0 Å². The quantitative estimate of drug-likeness (QED) is 0.508. The topological polar surface area (TPSA) is 0 Å². The van der Waals surface area contributed by atoms with Crippen LogP contribution in [0.2, 0.25) is 0 Å². The Morgan fingerprint density at radius 3 is 0.952 bits per heavy atom. The van der Waals surface area contributed by atoms with Gasteiger partial charge in [0, 0.05) is 25.8 Å². The average Bonchev–Trinajstić information content (AvgIpc) is 2.56. The Morgan fingerprint density at radius 1 is 0.476 bits per heavy atom. The van der Waals surface area contributed by atoms with Crippen LogP contribution in [-0.4, -0.2) is 9.91 Å². The van der Waals surface area contributed by atoms with E-state index in [1.807, 2.05) is 0 Å². The second-order valence-electron chi connectivity index (χ2n) is 5.01. The maximum atomic E-state index is 2.29. The maximum Gasteiger partial charge on any atom is 0.202 e. The first-order chi connectivity index (χ1) is 9.82. The summed E-state index contributed by atoms with van der Waals surface area (Å²) < 4.78 is 0. The molecule has 0 aliphatic carbocycles. The van der Waals surface area contributed by atoms with Crippen molar-refractivity contribution in [1.29, 1.82) is 0 Å². The minimum absolute atomic E-state index is 0. The molecule has 21 heavy (non-hydrogen) atoms. The molecule has 0 amide bonds. The Labute approximate surface area is 149 Å². The molecule has 0 unspecified atom stereocenters. The molecule has 0 aliphatic heterocycles. The third kappa shape index (κ3) is 3.34. The van der Waals surface area contributed by atoms with Gasteiger partial charge in [0.05, 0.1) is 22.7 Å². The van der Waals surface area contributed by atoms with Gasteiger partial charge >= 0.3 is 0 Å². The molecular weight excluding hydrogens is 320 g/mol. The van der Waals surface area contributed by atoms with Crippen LogP contribution in [-0.2, 0) is 25.8 Å². The second-order valence-corrected chi connectivity index (χ2v) is 12.6. The summed E-state index contributed by atoms with van der Waals surface area (Å²) >= 11 is 0.